The van der Waals surface area contributed by atoms with Crippen LogP contribution in [0.4, 0.5) is 19.4 Å². The highest BCUT2D eigenvalue weighted by Gasteiger charge is 2.26. The molecule has 0 radical (unpaired) electrons. The van der Waals surface area contributed by atoms with Gasteiger partial charge in [0.2, 0.25) is 0 Å². The molecule has 1 aromatic carbocycles. The number of rotatable bonds is 7. The van der Waals surface area contributed by atoms with Crippen LogP contribution in [-0.2, 0) is 9.47 Å². The second-order valence-corrected chi connectivity index (χ2v) is 6.36. The van der Waals surface area contributed by atoms with Crippen LogP contribution in [0.5, 0.6) is 0 Å². The van der Waals surface area contributed by atoms with E-state index < -0.39 is 12.5 Å². The van der Waals surface area contributed by atoms with Crippen LogP contribution in [0.3, 0.4) is 0 Å². The van der Waals surface area contributed by atoms with Crippen molar-refractivity contribution in [2.75, 3.05) is 38.3 Å². The van der Waals surface area contributed by atoms with Crippen molar-refractivity contribution in [1.82, 2.24) is 15.3 Å². The quantitative estimate of drug-likeness (QED) is 0.730. The Bertz CT molecular complexity index is 806. The van der Waals surface area contributed by atoms with Gasteiger partial charge in [-0.3, -0.25) is 4.98 Å². The van der Waals surface area contributed by atoms with Gasteiger partial charge >= 0.3 is 6.09 Å². The lowest BCUT2D eigenvalue weighted by atomic mass is 10.1. The van der Waals surface area contributed by atoms with Gasteiger partial charge in [-0.1, -0.05) is 24.3 Å². The second kappa shape index (κ2) is 9.41. The Kier molecular flexibility index (Phi) is 6.70. The summed E-state index contributed by atoms with van der Waals surface area (Å²) in [4.78, 5) is 22.4. The van der Waals surface area contributed by atoms with Gasteiger partial charge in [0.05, 0.1) is 30.7 Å². The van der Waals surface area contributed by atoms with E-state index in [1.807, 2.05) is 4.90 Å². The van der Waals surface area contributed by atoms with Crippen molar-refractivity contribution < 1.29 is 23.0 Å². The monoisotopic (exact) mass is 392 g/mol. The molecule has 1 N–H and O–H groups in total. The van der Waals surface area contributed by atoms with Crippen LogP contribution in [0.15, 0.2) is 36.7 Å². The third-order valence-electron chi connectivity index (χ3n) is 4.45. The number of amides is 1. The number of nitrogens with one attached hydrogen (secondary N) is 1. The van der Waals surface area contributed by atoms with E-state index >= 15 is 0 Å². The molecule has 9 heteroatoms. The van der Waals surface area contributed by atoms with Gasteiger partial charge in [-0.2, -0.15) is 0 Å². The van der Waals surface area contributed by atoms with Crippen LogP contribution in [0, 0.1) is 0 Å². The van der Waals surface area contributed by atoms with Crippen molar-refractivity contribution >= 4 is 11.9 Å². The van der Waals surface area contributed by atoms with Crippen molar-refractivity contribution in [3.63, 3.8) is 0 Å². The number of hydrogen-bond acceptors (Lipinski definition) is 6. The maximum Gasteiger partial charge on any atom is 0.407 e. The summed E-state index contributed by atoms with van der Waals surface area (Å²) < 4.78 is 36.4. The van der Waals surface area contributed by atoms with Gasteiger partial charge in [0.15, 0.2) is 0 Å². The SMILES string of the molecule is COCCOC(=O)NC1CCN(c2cncc(-c3ccccc3C(F)F)n2)C1. The third-order valence-corrected chi connectivity index (χ3v) is 4.45. The summed E-state index contributed by atoms with van der Waals surface area (Å²) in [6.07, 6.45) is 0.705. The number of alkyl carbamates (subject to hydrolysis) is 1. The molecule has 0 aliphatic carbocycles. The maximum absolute atomic E-state index is 13.3. The van der Waals surface area contributed by atoms with Gasteiger partial charge in [0.25, 0.3) is 6.43 Å². The van der Waals surface area contributed by atoms with E-state index in [0.29, 0.717) is 36.8 Å². The fraction of sp³-hybridized carbons (Fsp3) is 0.421. The largest absolute Gasteiger partial charge is 0.447 e. The highest BCUT2D eigenvalue weighted by Crippen LogP contribution is 2.30. The Morgan fingerprint density at radius 2 is 2.14 bits per heavy atom. The normalized spacial score (nSPS) is 16.4. The van der Waals surface area contributed by atoms with Gasteiger partial charge in [-0.05, 0) is 6.42 Å². The number of nitrogens with zero attached hydrogens (tertiary/aromatic N) is 3. The summed E-state index contributed by atoms with van der Waals surface area (Å²) >= 11 is 0. The number of hydrogen-bond donors (Lipinski definition) is 1. The minimum atomic E-state index is -2.59. The summed E-state index contributed by atoms with van der Waals surface area (Å²) in [5, 5.41) is 2.80. The topological polar surface area (TPSA) is 76.6 Å². The van der Waals surface area contributed by atoms with Crippen molar-refractivity contribution in [2.45, 2.75) is 18.9 Å². The minimum Gasteiger partial charge on any atom is -0.447 e. The fourth-order valence-corrected chi connectivity index (χ4v) is 3.07. The highest BCUT2D eigenvalue weighted by atomic mass is 19.3. The first-order valence-electron chi connectivity index (χ1n) is 8.95. The van der Waals surface area contributed by atoms with Crippen LogP contribution in [0.25, 0.3) is 11.3 Å². The average Bonchev–Trinajstić information content (AvgIpc) is 3.16. The zero-order valence-corrected chi connectivity index (χ0v) is 15.5. The number of alkyl halides is 2. The Hall–Kier alpha value is -2.81. The number of aromatic nitrogens is 2. The molecule has 1 saturated heterocycles. The summed E-state index contributed by atoms with van der Waals surface area (Å²) in [7, 11) is 1.53. The van der Waals surface area contributed by atoms with Gasteiger partial charge < -0.3 is 19.7 Å². The second-order valence-electron chi connectivity index (χ2n) is 6.36. The molecule has 0 spiro atoms. The molecule has 1 fully saturated rings. The van der Waals surface area contributed by atoms with Gasteiger partial charge in [0, 0.05) is 31.3 Å². The Balaban J connectivity index is 1.66. The summed E-state index contributed by atoms with van der Waals surface area (Å²) in [5.41, 5.74) is 0.681. The van der Waals surface area contributed by atoms with Crippen molar-refractivity contribution in [2.24, 2.45) is 0 Å². The highest BCUT2D eigenvalue weighted by molar-refractivity contribution is 5.68. The zero-order valence-electron chi connectivity index (χ0n) is 15.5. The van der Waals surface area contributed by atoms with Crippen molar-refractivity contribution in [3.05, 3.63) is 42.2 Å². The fourth-order valence-electron chi connectivity index (χ4n) is 3.07. The molecule has 28 heavy (non-hydrogen) atoms. The Morgan fingerprint density at radius 1 is 1.32 bits per heavy atom. The zero-order chi connectivity index (χ0) is 19.9. The van der Waals surface area contributed by atoms with Crippen LogP contribution >= 0.6 is 0 Å². The first kappa shape index (κ1) is 19.9. The number of ether oxygens (including phenoxy) is 2. The lowest BCUT2D eigenvalue weighted by Gasteiger charge is -2.18. The minimum absolute atomic E-state index is 0.0753. The van der Waals surface area contributed by atoms with E-state index in [1.54, 1.807) is 24.4 Å². The lowest BCUT2D eigenvalue weighted by molar-refractivity contribution is 0.0969. The van der Waals surface area contributed by atoms with E-state index in [9.17, 15) is 13.6 Å². The van der Waals surface area contributed by atoms with E-state index in [0.717, 1.165) is 6.42 Å². The molecule has 1 unspecified atom stereocenters. The van der Waals surface area contributed by atoms with Gasteiger partial charge in [0.1, 0.15) is 12.4 Å². The predicted molar refractivity (Wildman–Crippen MR) is 99.4 cm³/mol. The van der Waals surface area contributed by atoms with Gasteiger partial charge in [-0.15, -0.1) is 0 Å². The lowest BCUT2D eigenvalue weighted by Crippen LogP contribution is -2.38. The van der Waals surface area contributed by atoms with E-state index in [4.69, 9.17) is 9.47 Å². The summed E-state index contributed by atoms with van der Waals surface area (Å²) in [6, 6.07) is 6.18. The van der Waals surface area contributed by atoms with E-state index in [1.165, 1.54) is 19.4 Å². The third kappa shape index (κ3) is 4.92. The van der Waals surface area contributed by atoms with Gasteiger partial charge in [-0.25, -0.2) is 18.6 Å². The number of methoxy groups -OCH3 is 1. The van der Waals surface area contributed by atoms with Crippen molar-refractivity contribution in [3.8, 4) is 11.3 Å². The Morgan fingerprint density at radius 3 is 2.93 bits per heavy atom. The maximum atomic E-state index is 13.3. The summed E-state index contributed by atoms with van der Waals surface area (Å²) in [6.45, 7) is 1.73. The molecule has 1 aromatic heterocycles. The number of anilines is 1. The standard InChI is InChI=1S/C19H22F2N4O3/c1-27-8-9-28-19(26)23-13-6-7-25(12-13)17-11-22-10-16(24-17)14-4-2-3-5-15(14)18(20)21/h2-5,10-11,13,18H,6-9,12H2,1H3,(H,23,26). The van der Waals surface area contributed by atoms with Crippen LogP contribution < -0.4 is 10.2 Å². The predicted octanol–water partition coefficient (Wildman–Crippen LogP) is 3.03. The van der Waals surface area contributed by atoms with Crippen molar-refractivity contribution in [1.29, 1.82) is 0 Å². The smallest absolute Gasteiger partial charge is 0.407 e. The van der Waals surface area contributed by atoms with Crippen LogP contribution in [0.2, 0.25) is 0 Å². The molecule has 1 amide bonds. The molecule has 7 nitrogen and oxygen atoms in total. The number of benzene rings is 1. The molecule has 0 saturated carbocycles. The molecule has 1 aliphatic heterocycles. The molecular formula is C19H22F2N4O3. The number of halogens is 2. The molecule has 0 bridgehead atoms. The molecule has 1 atom stereocenters. The number of carbonyl (C=O) groups excluding carboxylic acids is 1. The summed E-state index contributed by atoms with van der Waals surface area (Å²) in [5.74, 6) is 0.582. The average molecular weight is 392 g/mol. The first-order chi connectivity index (χ1) is 13.6. The van der Waals surface area contributed by atoms with E-state index in [-0.39, 0.29) is 18.2 Å². The van der Waals surface area contributed by atoms with Crippen LogP contribution in [-0.4, -0.2) is 55.5 Å². The Labute approximate surface area is 161 Å². The number of carbonyl (C=O) groups is 1. The molecule has 1 aliphatic rings. The van der Waals surface area contributed by atoms with Crippen LogP contribution in [0.1, 0.15) is 18.4 Å². The molecule has 2 aromatic rings. The molecule has 3 rings (SSSR count). The first-order valence-corrected chi connectivity index (χ1v) is 8.95. The molecular weight excluding hydrogens is 370 g/mol. The van der Waals surface area contributed by atoms with E-state index in [2.05, 4.69) is 15.3 Å². The molecule has 150 valence electrons. The molecule has 2 heterocycles.